The number of hydrogen-bond acceptors (Lipinski definition) is 10. The molecular weight excluding hydrogens is 652 g/mol. The van der Waals surface area contributed by atoms with Crippen molar-refractivity contribution >= 4 is 11.9 Å². The lowest BCUT2D eigenvalue weighted by Crippen LogP contribution is -2.54. The monoisotopic (exact) mass is 680 g/mol. The summed E-state index contributed by atoms with van der Waals surface area (Å²) in [6, 6.07) is 0. The molecule has 0 bridgehead atoms. The molecule has 0 aliphatic carbocycles. The van der Waals surface area contributed by atoms with Crippen molar-refractivity contribution in [1.82, 2.24) is 0 Å². The lowest BCUT2D eigenvalue weighted by atomic mass is 10.0. The van der Waals surface area contributed by atoms with Crippen LogP contribution in [0.4, 0.5) is 52.7 Å². The fraction of sp³-hybridized carbons (Fsp3) is 0.909. The Hall–Kier alpha value is -2.14. The molecule has 0 aromatic heterocycles. The molecule has 10 nitrogen and oxygen atoms in total. The van der Waals surface area contributed by atoms with Crippen LogP contribution in [0.3, 0.4) is 0 Å². The highest BCUT2D eigenvalue weighted by molar-refractivity contribution is 5.84. The highest BCUT2D eigenvalue weighted by Crippen LogP contribution is 2.29. The summed E-state index contributed by atoms with van der Waals surface area (Å²) in [4.78, 5) is 25.8. The number of carbonyl (C=O) groups excluding carboxylic acids is 2. The van der Waals surface area contributed by atoms with Gasteiger partial charge in [-0.3, -0.25) is 4.79 Å². The maximum Gasteiger partial charge on any atom is 0.411 e. The molecule has 1 heterocycles. The quantitative estimate of drug-likeness (QED) is 0.176. The summed E-state index contributed by atoms with van der Waals surface area (Å²) in [5, 5.41) is 0. The molecule has 0 spiro atoms. The first kappa shape index (κ1) is 39.9. The maximum absolute atomic E-state index is 12.9. The molecule has 1 aliphatic heterocycles. The van der Waals surface area contributed by atoms with Crippen LogP contribution in [0.25, 0.3) is 0 Å². The standard InChI is InChI=1S/C22H28F12O10/c1-18(2)41-7-14(16(35)42-12(3-37-8-19(23,24)25)4-38-9-20(26,27)28)15(44-18)17(36)43-13(5-39-10-21(29,30)31)6-40-11-22(32,33)34/h12-15H,3-11H2,1-2H3/t14-,15-/m1/s1. The number of rotatable bonds is 16. The van der Waals surface area contributed by atoms with Crippen LogP contribution in [0, 0.1) is 5.92 Å². The molecule has 1 rings (SSSR count). The van der Waals surface area contributed by atoms with Gasteiger partial charge in [0.1, 0.15) is 44.6 Å². The smallest absolute Gasteiger partial charge is 0.411 e. The lowest BCUT2D eigenvalue weighted by molar-refractivity contribution is -0.293. The number of ether oxygens (including phenoxy) is 8. The Bertz CT molecular complexity index is 849. The molecular formula is C22H28F12O10. The van der Waals surface area contributed by atoms with Crippen LogP contribution in [0.2, 0.25) is 0 Å². The van der Waals surface area contributed by atoms with Crippen molar-refractivity contribution in [1.29, 1.82) is 0 Å². The van der Waals surface area contributed by atoms with Crippen molar-refractivity contribution in [3.05, 3.63) is 0 Å². The zero-order chi connectivity index (χ0) is 34.0. The van der Waals surface area contributed by atoms with E-state index in [0.29, 0.717) is 0 Å². The topological polar surface area (TPSA) is 108 Å². The van der Waals surface area contributed by atoms with Crippen molar-refractivity contribution in [3.8, 4) is 0 Å². The van der Waals surface area contributed by atoms with Gasteiger partial charge in [0.25, 0.3) is 0 Å². The van der Waals surface area contributed by atoms with Gasteiger partial charge in [-0.2, -0.15) is 52.7 Å². The Morgan fingerprint density at radius 1 is 0.636 bits per heavy atom. The molecule has 0 amide bonds. The van der Waals surface area contributed by atoms with Gasteiger partial charge in [-0.1, -0.05) is 0 Å². The second kappa shape index (κ2) is 16.4. The van der Waals surface area contributed by atoms with Crippen molar-refractivity contribution in [2.75, 3.05) is 59.5 Å². The van der Waals surface area contributed by atoms with E-state index in [4.69, 9.17) is 18.9 Å². The minimum absolute atomic E-state index is 0.731. The van der Waals surface area contributed by atoms with E-state index in [-0.39, 0.29) is 0 Å². The predicted molar refractivity (Wildman–Crippen MR) is 116 cm³/mol. The second-order valence-electron chi connectivity index (χ2n) is 9.49. The van der Waals surface area contributed by atoms with E-state index in [1.807, 2.05) is 0 Å². The zero-order valence-electron chi connectivity index (χ0n) is 22.8. The number of halogens is 12. The summed E-state index contributed by atoms with van der Waals surface area (Å²) in [5.74, 6) is -6.56. The first-order valence-corrected chi connectivity index (χ1v) is 12.2. The molecule has 260 valence electrons. The molecule has 0 radical (unpaired) electrons. The van der Waals surface area contributed by atoms with Gasteiger partial charge in [0.05, 0.1) is 33.0 Å². The number of esters is 2. The minimum Gasteiger partial charge on any atom is -0.457 e. The Balaban J connectivity index is 3.05. The minimum atomic E-state index is -4.87. The van der Waals surface area contributed by atoms with Gasteiger partial charge < -0.3 is 37.9 Å². The molecule has 0 N–H and O–H groups in total. The van der Waals surface area contributed by atoms with E-state index < -0.39 is 126 Å². The summed E-state index contributed by atoms with van der Waals surface area (Å²) in [6.07, 6.45) is -25.3. The van der Waals surface area contributed by atoms with Crippen molar-refractivity contribution in [2.24, 2.45) is 5.92 Å². The van der Waals surface area contributed by atoms with Crippen molar-refractivity contribution < 1.29 is 100 Å². The average molecular weight is 680 g/mol. The third-order valence-electron chi connectivity index (χ3n) is 4.77. The zero-order valence-corrected chi connectivity index (χ0v) is 22.8. The van der Waals surface area contributed by atoms with Gasteiger partial charge in [-0.05, 0) is 13.8 Å². The normalized spacial score (nSPS) is 19.8. The van der Waals surface area contributed by atoms with Crippen LogP contribution in [0.1, 0.15) is 13.8 Å². The number of hydrogen-bond donors (Lipinski definition) is 0. The van der Waals surface area contributed by atoms with Gasteiger partial charge in [0.2, 0.25) is 0 Å². The molecule has 0 aromatic rings. The van der Waals surface area contributed by atoms with Crippen LogP contribution in [0.15, 0.2) is 0 Å². The summed E-state index contributed by atoms with van der Waals surface area (Å²) < 4.78 is 187. The first-order valence-electron chi connectivity index (χ1n) is 12.2. The fourth-order valence-electron chi connectivity index (χ4n) is 3.14. The third-order valence-corrected chi connectivity index (χ3v) is 4.77. The van der Waals surface area contributed by atoms with Crippen LogP contribution < -0.4 is 0 Å². The summed E-state index contributed by atoms with van der Waals surface area (Å²) in [5.41, 5.74) is 0. The molecule has 0 aromatic carbocycles. The van der Waals surface area contributed by atoms with E-state index in [0.717, 1.165) is 0 Å². The highest BCUT2D eigenvalue weighted by Gasteiger charge is 2.47. The van der Waals surface area contributed by atoms with E-state index in [1.165, 1.54) is 13.8 Å². The largest absolute Gasteiger partial charge is 0.457 e. The molecule has 2 atom stereocenters. The Morgan fingerprint density at radius 2 is 0.955 bits per heavy atom. The van der Waals surface area contributed by atoms with Gasteiger partial charge >= 0.3 is 36.6 Å². The molecule has 22 heteroatoms. The van der Waals surface area contributed by atoms with Gasteiger partial charge in [0, 0.05) is 0 Å². The van der Waals surface area contributed by atoms with Gasteiger partial charge in [0.15, 0.2) is 11.9 Å². The predicted octanol–water partition coefficient (Wildman–Crippen LogP) is 3.89. The molecule has 0 unspecified atom stereocenters. The van der Waals surface area contributed by atoms with E-state index in [9.17, 15) is 62.3 Å². The van der Waals surface area contributed by atoms with E-state index >= 15 is 0 Å². The van der Waals surface area contributed by atoms with Crippen LogP contribution in [-0.4, -0.2) is 120 Å². The Kier molecular flexibility index (Phi) is 14.9. The number of carbonyl (C=O) groups is 2. The second-order valence-corrected chi connectivity index (χ2v) is 9.49. The summed E-state index contributed by atoms with van der Waals surface area (Å²) in [6.45, 7) is -10.3. The summed E-state index contributed by atoms with van der Waals surface area (Å²) in [7, 11) is 0. The average Bonchev–Trinajstić information content (AvgIpc) is 2.79. The number of alkyl halides is 12. The summed E-state index contributed by atoms with van der Waals surface area (Å²) >= 11 is 0. The van der Waals surface area contributed by atoms with Crippen molar-refractivity contribution in [2.45, 2.75) is 62.7 Å². The lowest BCUT2D eigenvalue weighted by Gasteiger charge is -2.39. The first-order chi connectivity index (χ1) is 19.9. The SMILES string of the molecule is CC1(C)OC[C@@H](C(=O)OC(COCC(F)(F)F)COCC(F)(F)F)[C@H](C(=O)OC(COCC(F)(F)F)COCC(F)(F)F)O1. The van der Waals surface area contributed by atoms with E-state index in [1.54, 1.807) is 0 Å². The molecule has 0 saturated carbocycles. The van der Waals surface area contributed by atoms with Gasteiger partial charge in [-0.25, -0.2) is 4.79 Å². The fourth-order valence-corrected chi connectivity index (χ4v) is 3.14. The van der Waals surface area contributed by atoms with Crippen LogP contribution in [0.5, 0.6) is 0 Å². The van der Waals surface area contributed by atoms with Gasteiger partial charge in [-0.15, -0.1) is 0 Å². The molecule has 1 saturated heterocycles. The molecule has 1 fully saturated rings. The Labute approximate surface area is 241 Å². The maximum atomic E-state index is 12.9. The van der Waals surface area contributed by atoms with Crippen LogP contribution in [-0.2, 0) is 47.5 Å². The van der Waals surface area contributed by atoms with Crippen molar-refractivity contribution in [3.63, 3.8) is 0 Å². The highest BCUT2D eigenvalue weighted by atomic mass is 19.4. The third kappa shape index (κ3) is 18.6. The van der Waals surface area contributed by atoms with Crippen LogP contribution >= 0.6 is 0 Å². The molecule has 44 heavy (non-hydrogen) atoms. The molecule has 1 aliphatic rings. The van der Waals surface area contributed by atoms with E-state index in [2.05, 4.69) is 18.9 Å². The Morgan fingerprint density at radius 3 is 1.27 bits per heavy atom.